The average Bonchev–Trinajstić information content (AvgIpc) is 3.08. The van der Waals surface area contributed by atoms with Crippen molar-refractivity contribution < 1.29 is 9.53 Å². The molecule has 1 fully saturated rings. The highest BCUT2D eigenvalue weighted by Gasteiger charge is 2.49. The van der Waals surface area contributed by atoms with Gasteiger partial charge in [-0.25, -0.2) is 0 Å². The van der Waals surface area contributed by atoms with Crippen molar-refractivity contribution in [3.8, 4) is 0 Å². The van der Waals surface area contributed by atoms with Crippen LogP contribution in [0.1, 0.15) is 39.5 Å². The minimum atomic E-state index is -0.473. The Balaban J connectivity index is 1.99. The summed E-state index contributed by atoms with van der Waals surface area (Å²) in [5.41, 5.74) is -0.473. The zero-order valence-electron chi connectivity index (χ0n) is 13.1. The fourth-order valence-electron chi connectivity index (χ4n) is 3.33. The van der Waals surface area contributed by atoms with Gasteiger partial charge < -0.3 is 4.74 Å². The van der Waals surface area contributed by atoms with E-state index in [-0.39, 0.29) is 12.0 Å². The van der Waals surface area contributed by atoms with Crippen molar-refractivity contribution in [3.05, 3.63) is 17.5 Å². The maximum Gasteiger partial charge on any atom is 0.326 e. The van der Waals surface area contributed by atoms with Crippen LogP contribution in [0, 0.1) is 5.92 Å². The highest BCUT2D eigenvalue weighted by Crippen LogP contribution is 2.40. The number of hydrogen-bond acceptors (Lipinski definition) is 5. The molecule has 1 N–H and O–H groups in total. The number of hydrogen-bond donors (Lipinski definition) is 1. The first-order valence-electron chi connectivity index (χ1n) is 7.61. The molecule has 0 aromatic carbocycles. The van der Waals surface area contributed by atoms with Gasteiger partial charge in [-0.3, -0.25) is 10.1 Å². The van der Waals surface area contributed by atoms with Gasteiger partial charge in [-0.2, -0.15) is 0 Å². The molecule has 1 aromatic rings. The van der Waals surface area contributed by atoms with Crippen molar-refractivity contribution in [2.75, 3.05) is 12.9 Å². The summed E-state index contributed by atoms with van der Waals surface area (Å²) in [5.74, 6) is 1.35. The Morgan fingerprint density at radius 2 is 2.43 bits per heavy atom. The summed E-state index contributed by atoms with van der Waals surface area (Å²) >= 11 is 3.67. The van der Waals surface area contributed by atoms with E-state index < -0.39 is 5.54 Å². The minimum absolute atomic E-state index is 0.0835. The van der Waals surface area contributed by atoms with Crippen LogP contribution in [0.3, 0.4) is 0 Å². The third kappa shape index (κ3) is 4.02. The molecule has 1 heterocycles. The topological polar surface area (TPSA) is 38.3 Å². The molecule has 0 spiro atoms. The second kappa shape index (κ2) is 7.65. The molecule has 3 nitrogen and oxygen atoms in total. The Labute approximate surface area is 135 Å². The Bertz CT molecular complexity index is 447. The van der Waals surface area contributed by atoms with Crippen molar-refractivity contribution in [1.82, 2.24) is 5.32 Å². The number of carbonyl (C=O) groups excluding carboxylic acids is 1. The Kier molecular flexibility index (Phi) is 6.14. The molecule has 0 amide bonds. The molecule has 0 radical (unpaired) electrons. The van der Waals surface area contributed by atoms with Gasteiger partial charge >= 0.3 is 5.97 Å². The summed E-state index contributed by atoms with van der Waals surface area (Å²) in [5, 5.41) is 5.63. The molecule has 0 bridgehead atoms. The number of nitrogens with one attached hydrogen (secondary N) is 1. The highest BCUT2D eigenvalue weighted by molar-refractivity contribution is 8.01. The number of carbonyl (C=O) groups is 1. The van der Waals surface area contributed by atoms with Crippen molar-refractivity contribution >= 4 is 29.1 Å². The summed E-state index contributed by atoms with van der Waals surface area (Å²) in [6.07, 6.45) is 4.16. The van der Waals surface area contributed by atoms with Crippen LogP contribution in [0.2, 0.25) is 0 Å². The van der Waals surface area contributed by atoms with Gasteiger partial charge in [0.1, 0.15) is 5.54 Å². The summed E-state index contributed by atoms with van der Waals surface area (Å²) in [7, 11) is 1.50. The smallest absolute Gasteiger partial charge is 0.326 e. The van der Waals surface area contributed by atoms with E-state index in [1.807, 2.05) is 11.8 Å². The molecular weight excluding hydrogens is 302 g/mol. The molecule has 2 rings (SSSR count). The third-order valence-electron chi connectivity index (χ3n) is 4.12. The van der Waals surface area contributed by atoms with Gasteiger partial charge in [-0.1, -0.05) is 12.5 Å². The normalized spacial score (nSPS) is 25.4. The number of esters is 1. The van der Waals surface area contributed by atoms with Gasteiger partial charge in [0.15, 0.2) is 0 Å². The van der Waals surface area contributed by atoms with Crippen LogP contribution >= 0.6 is 23.1 Å². The number of thioether (sulfide) groups is 1. The molecule has 5 heteroatoms. The van der Waals surface area contributed by atoms with E-state index in [0.29, 0.717) is 5.92 Å². The monoisotopic (exact) mass is 327 g/mol. The van der Waals surface area contributed by atoms with Crippen LogP contribution in [0.15, 0.2) is 21.7 Å². The fourth-order valence-corrected chi connectivity index (χ4v) is 5.25. The maximum absolute atomic E-state index is 12.4. The number of methoxy groups -OCH3 is 1. The summed E-state index contributed by atoms with van der Waals surface area (Å²) in [4.78, 5) is 12.4. The lowest BCUT2D eigenvalue weighted by Gasteiger charge is -2.35. The molecule has 2 unspecified atom stereocenters. The van der Waals surface area contributed by atoms with Crippen LogP contribution in [-0.2, 0) is 9.53 Å². The average molecular weight is 328 g/mol. The summed E-state index contributed by atoms with van der Waals surface area (Å²) in [6, 6.07) is 4.53. The first kappa shape index (κ1) is 16.8. The van der Waals surface area contributed by atoms with E-state index in [1.54, 1.807) is 11.3 Å². The second-order valence-electron chi connectivity index (χ2n) is 5.92. The summed E-state index contributed by atoms with van der Waals surface area (Å²) < 4.78 is 6.47. The zero-order chi connectivity index (χ0) is 15.3. The molecule has 1 aromatic heterocycles. The maximum atomic E-state index is 12.4. The van der Waals surface area contributed by atoms with E-state index in [2.05, 4.69) is 36.7 Å². The lowest BCUT2D eigenvalue weighted by molar-refractivity contribution is -0.150. The van der Waals surface area contributed by atoms with E-state index in [4.69, 9.17) is 4.74 Å². The number of thiophene rings is 1. The van der Waals surface area contributed by atoms with Gasteiger partial charge in [0.05, 0.1) is 11.3 Å². The van der Waals surface area contributed by atoms with Crippen LogP contribution in [0.25, 0.3) is 0 Å². The SMILES string of the molecule is COC(=O)C1(NC(C)C)CCCC1CCSc1cccs1. The molecule has 1 aliphatic carbocycles. The van der Waals surface area contributed by atoms with Crippen molar-refractivity contribution in [1.29, 1.82) is 0 Å². The second-order valence-corrected chi connectivity index (χ2v) is 8.26. The highest BCUT2D eigenvalue weighted by atomic mass is 32.2. The fraction of sp³-hybridized carbons (Fsp3) is 0.688. The minimum Gasteiger partial charge on any atom is -0.468 e. The van der Waals surface area contributed by atoms with Gasteiger partial charge in [0, 0.05) is 6.04 Å². The first-order chi connectivity index (χ1) is 10.1. The van der Waals surface area contributed by atoms with E-state index in [0.717, 1.165) is 31.4 Å². The van der Waals surface area contributed by atoms with E-state index in [1.165, 1.54) is 11.3 Å². The largest absolute Gasteiger partial charge is 0.468 e. The van der Waals surface area contributed by atoms with Crippen LogP contribution < -0.4 is 5.32 Å². The van der Waals surface area contributed by atoms with Crippen molar-refractivity contribution in [2.45, 2.75) is 55.3 Å². The zero-order valence-corrected chi connectivity index (χ0v) is 14.7. The lowest BCUT2D eigenvalue weighted by atomic mass is 9.84. The Morgan fingerprint density at radius 3 is 3.05 bits per heavy atom. The van der Waals surface area contributed by atoms with E-state index in [9.17, 15) is 4.79 Å². The molecule has 0 saturated heterocycles. The molecular formula is C16H25NO2S2. The summed E-state index contributed by atoms with van der Waals surface area (Å²) in [6.45, 7) is 4.20. The van der Waals surface area contributed by atoms with Gasteiger partial charge in [0.2, 0.25) is 0 Å². The molecule has 1 saturated carbocycles. The molecule has 21 heavy (non-hydrogen) atoms. The van der Waals surface area contributed by atoms with Crippen molar-refractivity contribution in [3.63, 3.8) is 0 Å². The van der Waals surface area contributed by atoms with Crippen LogP contribution in [-0.4, -0.2) is 30.4 Å². The third-order valence-corrected chi connectivity index (χ3v) is 6.29. The number of rotatable bonds is 7. The predicted octanol–water partition coefficient (Wildman–Crippen LogP) is 3.94. The van der Waals surface area contributed by atoms with Crippen LogP contribution in [0.4, 0.5) is 0 Å². The molecule has 0 aliphatic heterocycles. The van der Waals surface area contributed by atoms with Crippen molar-refractivity contribution in [2.24, 2.45) is 5.92 Å². The van der Waals surface area contributed by atoms with Gasteiger partial charge in [-0.15, -0.1) is 23.1 Å². The first-order valence-corrected chi connectivity index (χ1v) is 9.47. The molecule has 2 atom stereocenters. The van der Waals surface area contributed by atoms with Gasteiger partial charge in [-0.05, 0) is 56.2 Å². The number of ether oxygens (including phenoxy) is 1. The Hall–Kier alpha value is -0.520. The van der Waals surface area contributed by atoms with Crippen LogP contribution in [0.5, 0.6) is 0 Å². The standard InChI is InChI=1S/C16H25NO2S2/c1-12(2)17-16(15(18)19-3)9-4-6-13(16)8-11-21-14-7-5-10-20-14/h5,7,10,12-13,17H,4,6,8-9,11H2,1-3H3. The lowest BCUT2D eigenvalue weighted by Crippen LogP contribution is -2.57. The molecule has 118 valence electrons. The Morgan fingerprint density at radius 1 is 1.62 bits per heavy atom. The quantitative estimate of drug-likeness (QED) is 0.608. The predicted molar refractivity (Wildman–Crippen MR) is 90.0 cm³/mol. The van der Waals surface area contributed by atoms with Gasteiger partial charge in [0.25, 0.3) is 0 Å². The van der Waals surface area contributed by atoms with E-state index >= 15 is 0 Å². The molecule has 1 aliphatic rings.